The third kappa shape index (κ3) is 2.98. The van der Waals surface area contributed by atoms with E-state index in [-0.39, 0.29) is 0 Å². The van der Waals surface area contributed by atoms with E-state index < -0.39 is 0 Å². The van der Waals surface area contributed by atoms with E-state index in [1.807, 2.05) is 12.1 Å². The van der Waals surface area contributed by atoms with Gasteiger partial charge >= 0.3 is 0 Å². The van der Waals surface area contributed by atoms with Gasteiger partial charge in [0.2, 0.25) is 0 Å². The maximum atomic E-state index is 5.82. The number of halogens is 1. The van der Waals surface area contributed by atoms with Crippen LogP contribution in [0.4, 0.5) is 5.69 Å². The van der Waals surface area contributed by atoms with Gasteiger partial charge in [-0.3, -0.25) is 0 Å². The van der Waals surface area contributed by atoms with Crippen molar-refractivity contribution in [3.05, 3.63) is 28.2 Å². The molecule has 0 aliphatic heterocycles. The molecular weight excluding hydrogens is 264 g/mol. The zero-order chi connectivity index (χ0) is 11.6. The summed E-state index contributed by atoms with van der Waals surface area (Å²) >= 11 is 3.47. The van der Waals surface area contributed by atoms with Gasteiger partial charge in [-0.05, 0) is 43.5 Å². The van der Waals surface area contributed by atoms with Gasteiger partial charge in [-0.15, -0.1) is 0 Å². The molecule has 0 radical (unpaired) electrons. The minimum Gasteiger partial charge on any atom is -0.399 e. The number of rotatable bonds is 3. The van der Waals surface area contributed by atoms with E-state index in [4.69, 9.17) is 5.73 Å². The SMILES string of the molecule is CC1(NCc2cc(N)cc(Br)c2)CCCC1. The highest BCUT2D eigenvalue weighted by Crippen LogP contribution is 2.29. The molecule has 2 rings (SSSR count). The molecule has 3 heteroatoms. The number of nitrogens with two attached hydrogens (primary N) is 1. The Balaban J connectivity index is 1.98. The summed E-state index contributed by atoms with van der Waals surface area (Å²) in [5.74, 6) is 0. The quantitative estimate of drug-likeness (QED) is 0.834. The number of hydrogen-bond donors (Lipinski definition) is 2. The van der Waals surface area contributed by atoms with Gasteiger partial charge in [0.05, 0.1) is 0 Å². The molecule has 0 saturated heterocycles. The predicted molar refractivity (Wildman–Crippen MR) is 72.3 cm³/mol. The molecule has 0 unspecified atom stereocenters. The summed E-state index contributed by atoms with van der Waals surface area (Å²) in [6, 6.07) is 6.10. The molecule has 0 aromatic heterocycles. The van der Waals surface area contributed by atoms with Gasteiger partial charge in [0.1, 0.15) is 0 Å². The molecule has 1 fully saturated rings. The van der Waals surface area contributed by atoms with Crippen LogP contribution in [-0.4, -0.2) is 5.54 Å². The second-order valence-corrected chi connectivity index (χ2v) is 5.93. The second-order valence-electron chi connectivity index (χ2n) is 5.01. The summed E-state index contributed by atoms with van der Waals surface area (Å²) in [5, 5.41) is 3.65. The standard InChI is InChI=1S/C13H19BrN2/c1-13(4-2-3-5-13)16-9-10-6-11(14)8-12(15)7-10/h6-8,16H,2-5,9,15H2,1H3. The van der Waals surface area contributed by atoms with Crippen LogP contribution in [0, 0.1) is 0 Å². The fourth-order valence-electron chi connectivity index (χ4n) is 2.43. The Morgan fingerprint density at radius 1 is 1.31 bits per heavy atom. The molecule has 1 saturated carbocycles. The molecule has 0 amide bonds. The zero-order valence-corrected chi connectivity index (χ0v) is 11.3. The van der Waals surface area contributed by atoms with Crippen LogP contribution in [0.15, 0.2) is 22.7 Å². The predicted octanol–water partition coefficient (Wildman–Crippen LogP) is 3.45. The van der Waals surface area contributed by atoms with Gasteiger partial charge in [0, 0.05) is 22.2 Å². The molecule has 0 atom stereocenters. The van der Waals surface area contributed by atoms with Crippen molar-refractivity contribution in [1.29, 1.82) is 0 Å². The van der Waals surface area contributed by atoms with Crippen molar-refractivity contribution < 1.29 is 0 Å². The summed E-state index contributed by atoms with van der Waals surface area (Å²) in [6.45, 7) is 3.22. The van der Waals surface area contributed by atoms with E-state index in [9.17, 15) is 0 Å². The van der Waals surface area contributed by atoms with Crippen molar-refractivity contribution in [2.75, 3.05) is 5.73 Å². The van der Waals surface area contributed by atoms with Crippen LogP contribution in [0.5, 0.6) is 0 Å². The van der Waals surface area contributed by atoms with Crippen molar-refractivity contribution in [1.82, 2.24) is 5.32 Å². The number of anilines is 1. The first-order chi connectivity index (χ1) is 7.57. The third-order valence-electron chi connectivity index (χ3n) is 3.41. The molecule has 0 bridgehead atoms. The molecule has 88 valence electrons. The van der Waals surface area contributed by atoms with Crippen molar-refractivity contribution in [2.45, 2.75) is 44.7 Å². The van der Waals surface area contributed by atoms with Gasteiger partial charge < -0.3 is 11.1 Å². The molecule has 0 heterocycles. The van der Waals surface area contributed by atoms with E-state index in [1.165, 1.54) is 31.2 Å². The molecule has 1 aromatic carbocycles. The number of benzene rings is 1. The van der Waals surface area contributed by atoms with E-state index in [1.54, 1.807) is 0 Å². The molecular formula is C13H19BrN2. The van der Waals surface area contributed by atoms with Gasteiger partial charge in [-0.1, -0.05) is 28.8 Å². The molecule has 3 N–H and O–H groups in total. The highest BCUT2D eigenvalue weighted by atomic mass is 79.9. The number of hydrogen-bond acceptors (Lipinski definition) is 2. The maximum absolute atomic E-state index is 5.82. The summed E-state index contributed by atoms with van der Waals surface area (Å²) in [5.41, 5.74) is 8.22. The highest BCUT2D eigenvalue weighted by molar-refractivity contribution is 9.10. The monoisotopic (exact) mass is 282 g/mol. The van der Waals surface area contributed by atoms with Gasteiger partial charge in [-0.2, -0.15) is 0 Å². The normalized spacial score (nSPS) is 18.9. The van der Waals surface area contributed by atoms with Gasteiger partial charge in [0.25, 0.3) is 0 Å². The average molecular weight is 283 g/mol. The average Bonchev–Trinajstić information content (AvgIpc) is 2.62. The second kappa shape index (κ2) is 4.76. The van der Waals surface area contributed by atoms with E-state index in [2.05, 4.69) is 34.2 Å². The first-order valence-electron chi connectivity index (χ1n) is 5.87. The van der Waals surface area contributed by atoms with Crippen LogP contribution in [0.1, 0.15) is 38.2 Å². The fourth-order valence-corrected chi connectivity index (χ4v) is 2.98. The number of nitrogen functional groups attached to an aromatic ring is 1. The maximum Gasteiger partial charge on any atom is 0.0328 e. The lowest BCUT2D eigenvalue weighted by molar-refractivity contribution is 0.363. The molecule has 1 aliphatic carbocycles. The largest absolute Gasteiger partial charge is 0.399 e. The summed E-state index contributed by atoms with van der Waals surface area (Å²) in [7, 11) is 0. The van der Waals surface area contributed by atoms with Crippen LogP contribution in [0.2, 0.25) is 0 Å². The Morgan fingerprint density at radius 2 is 2.00 bits per heavy atom. The van der Waals surface area contributed by atoms with E-state index in [0.29, 0.717) is 5.54 Å². The van der Waals surface area contributed by atoms with Crippen LogP contribution in [0.3, 0.4) is 0 Å². The minimum absolute atomic E-state index is 0.330. The topological polar surface area (TPSA) is 38.0 Å². The van der Waals surface area contributed by atoms with Crippen molar-refractivity contribution in [3.63, 3.8) is 0 Å². The Morgan fingerprint density at radius 3 is 2.62 bits per heavy atom. The molecule has 1 aromatic rings. The Kier molecular flexibility index (Phi) is 3.55. The van der Waals surface area contributed by atoms with E-state index >= 15 is 0 Å². The lowest BCUT2D eigenvalue weighted by Crippen LogP contribution is -2.38. The third-order valence-corrected chi connectivity index (χ3v) is 3.86. The smallest absolute Gasteiger partial charge is 0.0328 e. The lowest BCUT2D eigenvalue weighted by Gasteiger charge is -2.25. The van der Waals surface area contributed by atoms with Crippen LogP contribution < -0.4 is 11.1 Å². The summed E-state index contributed by atoms with van der Waals surface area (Å²) < 4.78 is 1.06. The van der Waals surface area contributed by atoms with Crippen LogP contribution >= 0.6 is 15.9 Å². The zero-order valence-electron chi connectivity index (χ0n) is 9.72. The van der Waals surface area contributed by atoms with Crippen molar-refractivity contribution in [2.24, 2.45) is 0 Å². The van der Waals surface area contributed by atoms with Crippen molar-refractivity contribution >= 4 is 21.6 Å². The molecule has 0 spiro atoms. The summed E-state index contributed by atoms with van der Waals surface area (Å²) in [6.07, 6.45) is 5.28. The van der Waals surface area contributed by atoms with E-state index in [0.717, 1.165) is 16.7 Å². The Hall–Kier alpha value is -0.540. The molecule has 2 nitrogen and oxygen atoms in total. The van der Waals surface area contributed by atoms with Crippen molar-refractivity contribution in [3.8, 4) is 0 Å². The Bertz CT molecular complexity index is 350. The first-order valence-corrected chi connectivity index (χ1v) is 6.67. The van der Waals surface area contributed by atoms with Crippen LogP contribution in [-0.2, 0) is 6.54 Å². The van der Waals surface area contributed by atoms with Gasteiger partial charge in [-0.25, -0.2) is 0 Å². The molecule has 1 aliphatic rings. The molecule has 16 heavy (non-hydrogen) atoms. The van der Waals surface area contributed by atoms with Crippen LogP contribution in [0.25, 0.3) is 0 Å². The minimum atomic E-state index is 0.330. The summed E-state index contributed by atoms with van der Waals surface area (Å²) in [4.78, 5) is 0. The highest BCUT2D eigenvalue weighted by Gasteiger charge is 2.27. The fraction of sp³-hybridized carbons (Fsp3) is 0.538. The van der Waals surface area contributed by atoms with Gasteiger partial charge in [0.15, 0.2) is 0 Å². The number of nitrogens with one attached hydrogen (secondary N) is 1. The lowest BCUT2D eigenvalue weighted by atomic mass is 10.0. The first kappa shape index (κ1) is 11.9. The Labute approximate surface area is 106 Å².